The number of hydrogen-bond acceptors (Lipinski definition) is 4. The van der Waals surface area contributed by atoms with Gasteiger partial charge in [-0.1, -0.05) is 25.8 Å². The molecule has 2 aliphatic carbocycles. The fourth-order valence-corrected chi connectivity index (χ4v) is 4.26. The van der Waals surface area contributed by atoms with Gasteiger partial charge >= 0.3 is 0 Å². The Labute approximate surface area is 145 Å². The van der Waals surface area contributed by atoms with E-state index in [1.54, 1.807) is 6.08 Å². The van der Waals surface area contributed by atoms with Crippen molar-refractivity contribution >= 4 is 5.78 Å². The molecule has 2 saturated carbocycles. The van der Waals surface area contributed by atoms with Crippen LogP contribution in [-0.4, -0.2) is 29.7 Å². The topological polar surface area (TPSA) is 70.3 Å². The van der Waals surface area contributed by atoms with E-state index < -0.39 is 0 Å². The predicted octanol–water partition coefficient (Wildman–Crippen LogP) is 3.79. The lowest BCUT2D eigenvalue weighted by Crippen LogP contribution is -2.20. The first-order chi connectivity index (χ1) is 11.7. The van der Waals surface area contributed by atoms with Gasteiger partial charge in [0, 0.05) is 25.4 Å². The quantitative estimate of drug-likeness (QED) is 0.488. The first-order valence-corrected chi connectivity index (χ1v) is 9.53. The Kier molecular flexibility index (Phi) is 7.94. The first-order valence-electron chi connectivity index (χ1n) is 9.53. The van der Waals surface area contributed by atoms with Crippen molar-refractivity contribution in [3.63, 3.8) is 0 Å². The molecule has 4 nitrogen and oxygen atoms in total. The van der Waals surface area contributed by atoms with Crippen LogP contribution in [0.15, 0.2) is 12.2 Å². The summed E-state index contributed by atoms with van der Waals surface area (Å²) in [5, 5.41) is 18.9. The minimum absolute atomic E-state index is 0.0952. The Morgan fingerprint density at radius 1 is 1.29 bits per heavy atom. The van der Waals surface area contributed by atoms with Gasteiger partial charge < -0.3 is 9.84 Å². The minimum Gasteiger partial charge on any atom is -0.392 e. The van der Waals surface area contributed by atoms with Crippen LogP contribution in [0.3, 0.4) is 0 Å². The molecule has 4 heteroatoms. The summed E-state index contributed by atoms with van der Waals surface area (Å²) in [5.41, 5.74) is 0. The van der Waals surface area contributed by atoms with E-state index in [9.17, 15) is 9.90 Å². The molecule has 0 spiro atoms. The van der Waals surface area contributed by atoms with Gasteiger partial charge in [0.2, 0.25) is 0 Å². The molecule has 0 aromatic rings. The fraction of sp³-hybridized carbons (Fsp3) is 0.800. The van der Waals surface area contributed by atoms with Crippen LogP contribution in [0.2, 0.25) is 0 Å². The summed E-state index contributed by atoms with van der Waals surface area (Å²) in [6.45, 7) is 2.78. The van der Waals surface area contributed by atoms with E-state index in [-0.39, 0.29) is 23.9 Å². The van der Waals surface area contributed by atoms with Crippen molar-refractivity contribution in [1.82, 2.24) is 0 Å². The van der Waals surface area contributed by atoms with Gasteiger partial charge in [0.1, 0.15) is 0 Å². The molecule has 0 heterocycles. The molecule has 0 radical (unpaired) electrons. The number of ether oxygens (including phenoxy) is 1. The smallest absolute Gasteiger partial charge is 0.155 e. The highest BCUT2D eigenvalue weighted by Crippen LogP contribution is 2.49. The third kappa shape index (κ3) is 5.43. The number of nitrogens with zero attached hydrogens (tertiary/aromatic N) is 1. The summed E-state index contributed by atoms with van der Waals surface area (Å²) >= 11 is 0. The third-order valence-corrected chi connectivity index (χ3v) is 5.51. The van der Waals surface area contributed by atoms with Gasteiger partial charge in [-0.25, -0.2) is 0 Å². The Morgan fingerprint density at radius 2 is 2.12 bits per heavy atom. The van der Waals surface area contributed by atoms with Gasteiger partial charge in [0.25, 0.3) is 0 Å². The molecule has 0 aromatic heterocycles. The molecule has 2 aliphatic rings. The standard InChI is InChI=1S/C20H31NO3/c1-2-3-4-7-16(22)8-9-18-19-14-17(24-11-6-5-10-21)12-15(19)13-20(18)23/h8-9,15,17-20,23H,2-7,11-14H2,1H3/t15-,17-,18+,19+,20+/m0/s1. The number of carbonyl (C=O) groups excluding carboxylic acids is 1. The molecule has 2 fully saturated rings. The maximum atomic E-state index is 11.9. The second kappa shape index (κ2) is 9.96. The molecule has 0 amide bonds. The number of aliphatic hydroxyl groups excluding tert-OH is 1. The maximum absolute atomic E-state index is 11.9. The Hall–Kier alpha value is -1.18. The predicted molar refractivity (Wildman–Crippen MR) is 93.2 cm³/mol. The van der Waals surface area contributed by atoms with Crippen LogP contribution in [0, 0.1) is 29.1 Å². The highest BCUT2D eigenvalue weighted by atomic mass is 16.5. The van der Waals surface area contributed by atoms with E-state index in [0.29, 0.717) is 31.3 Å². The van der Waals surface area contributed by atoms with E-state index >= 15 is 0 Å². The van der Waals surface area contributed by atoms with Crippen LogP contribution in [0.4, 0.5) is 0 Å². The largest absolute Gasteiger partial charge is 0.392 e. The number of allylic oxidation sites excluding steroid dienone is 1. The SMILES string of the molecule is CCCCCC(=O)C=C[C@@H]1[C@@H]2C[C@@H](OCCCC#N)C[C@H]2C[C@H]1O. The summed E-state index contributed by atoms with van der Waals surface area (Å²) in [7, 11) is 0. The normalized spacial score (nSPS) is 32.1. The molecule has 0 bridgehead atoms. The molecular formula is C20H31NO3. The van der Waals surface area contributed by atoms with Crippen LogP contribution in [0.5, 0.6) is 0 Å². The van der Waals surface area contributed by atoms with Crippen molar-refractivity contribution in [3.05, 3.63) is 12.2 Å². The number of unbranched alkanes of at least 4 members (excludes halogenated alkanes) is 3. The van der Waals surface area contributed by atoms with E-state index in [0.717, 1.165) is 44.9 Å². The number of rotatable bonds is 10. The number of carbonyl (C=O) groups is 1. The monoisotopic (exact) mass is 333 g/mol. The van der Waals surface area contributed by atoms with Crippen LogP contribution < -0.4 is 0 Å². The Morgan fingerprint density at radius 3 is 2.88 bits per heavy atom. The van der Waals surface area contributed by atoms with Gasteiger partial charge in [-0.3, -0.25) is 4.79 Å². The fourth-order valence-electron chi connectivity index (χ4n) is 4.26. The van der Waals surface area contributed by atoms with Crippen molar-refractivity contribution in [1.29, 1.82) is 5.26 Å². The van der Waals surface area contributed by atoms with E-state index in [1.807, 2.05) is 6.08 Å². The van der Waals surface area contributed by atoms with Crippen LogP contribution in [0.1, 0.15) is 64.7 Å². The van der Waals surface area contributed by atoms with Crippen LogP contribution in [0.25, 0.3) is 0 Å². The highest BCUT2D eigenvalue weighted by molar-refractivity contribution is 5.89. The lowest BCUT2D eigenvalue weighted by molar-refractivity contribution is -0.114. The molecule has 0 unspecified atom stereocenters. The van der Waals surface area contributed by atoms with Gasteiger partial charge in [-0.05, 0) is 50.0 Å². The molecule has 5 atom stereocenters. The van der Waals surface area contributed by atoms with Crippen molar-refractivity contribution in [3.8, 4) is 6.07 Å². The Balaban J connectivity index is 1.79. The average Bonchev–Trinajstić information content (AvgIpc) is 3.06. The second-order valence-electron chi connectivity index (χ2n) is 7.31. The van der Waals surface area contributed by atoms with Crippen LogP contribution >= 0.6 is 0 Å². The summed E-state index contributed by atoms with van der Waals surface area (Å²) in [6.07, 6.45) is 11.5. The highest BCUT2D eigenvalue weighted by Gasteiger charge is 2.47. The maximum Gasteiger partial charge on any atom is 0.155 e. The molecular weight excluding hydrogens is 302 g/mol. The summed E-state index contributed by atoms with van der Waals surface area (Å²) in [6, 6.07) is 2.14. The van der Waals surface area contributed by atoms with Gasteiger partial charge in [-0.2, -0.15) is 5.26 Å². The minimum atomic E-state index is -0.320. The molecule has 2 rings (SSSR count). The summed E-state index contributed by atoms with van der Waals surface area (Å²) in [4.78, 5) is 11.9. The van der Waals surface area contributed by atoms with Crippen molar-refractivity contribution in [2.24, 2.45) is 17.8 Å². The van der Waals surface area contributed by atoms with E-state index in [1.165, 1.54) is 0 Å². The third-order valence-electron chi connectivity index (χ3n) is 5.51. The summed E-state index contributed by atoms with van der Waals surface area (Å²) in [5.74, 6) is 1.21. The molecule has 134 valence electrons. The number of hydrogen-bond donors (Lipinski definition) is 1. The zero-order chi connectivity index (χ0) is 17.4. The van der Waals surface area contributed by atoms with Crippen molar-refractivity contribution < 1.29 is 14.6 Å². The van der Waals surface area contributed by atoms with Gasteiger partial charge in [0.15, 0.2) is 5.78 Å². The Bertz CT molecular complexity index is 468. The first kappa shape index (κ1) is 19.1. The van der Waals surface area contributed by atoms with Crippen molar-refractivity contribution in [2.45, 2.75) is 76.9 Å². The second-order valence-corrected chi connectivity index (χ2v) is 7.31. The molecule has 24 heavy (non-hydrogen) atoms. The molecule has 0 saturated heterocycles. The van der Waals surface area contributed by atoms with Crippen molar-refractivity contribution in [2.75, 3.05) is 6.61 Å². The van der Waals surface area contributed by atoms with E-state index in [4.69, 9.17) is 10.00 Å². The number of aliphatic hydroxyl groups is 1. The number of ketones is 1. The molecule has 1 N–H and O–H groups in total. The number of nitriles is 1. The lowest BCUT2D eigenvalue weighted by Gasteiger charge is -2.19. The van der Waals surface area contributed by atoms with Gasteiger partial charge in [-0.15, -0.1) is 0 Å². The zero-order valence-corrected chi connectivity index (χ0v) is 14.8. The van der Waals surface area contributed by atoms with Crippen LogP contribution in [-0.2, 0) is 9.53 Å². The lowest BCUT2D eigenvalue weighted by atomic mass is 9.90. The van der Waals surface area contributed by atoms with Gasteiger partial charge in [0.05, 0.1) is 18.3 Å². The molecule has 0 aromatic carbocycles. The average molecular weight is 333 g/mol. The zero-order valence-electron chi connectivity index (χ0n) is 14.8. The summed E-state index contributed by atoms with van der Waals surface area (Å²) < 4.78 is 5.89. The molecule has 0 aliphatic heterocycles. The van der Waals surface area contributed by atoms with E-state index in [2.05, 4.69) is 13.0 Å². The number of fused-ring (bicyclic) bond motifs is 1.